The van der Waals surface area contributed by atoms with Crippen LogP contribution in [0.25, 0.3) is 0 Å². The Morgan fingerprint density at radius 1 is 1.09 bits per heavy atom. The van der Waals surface area contributed by atoms with Gasteiger partial charge in [0.2, 0.25) is 0 Å². The fourth-order valence-electron chi connectivity index (χ4n) is 2.35. The highest BCUT2D eigenvalue weighted by Crippen LogP contribution is 2.17. The average Bonchev–Trinajstić information content (AvgIpc) is 2.46. The average molecular weight is 335 g/mol. The SMILES string of the molecule is Cc1ccc(F)cc1C(=O)NCc1ccc(S(C)(=O)=O)c(C)c1. The Morgan fingerprint density at radius 3 is 2.39 bits per heavy atom. The number of benzene rings is 2. The Bertz CT molecular complexity index is 860. The van der Waals surface area contributed by atoms with Crippen LogP contribution in [0.2, 0.25) is 0 Å². The quantitative estimate of drug-likeness (QED) is 0.934. The Labute approximate surface area is 135 Å². The number of hydrogen-bond acceptors (Lipinski definition) is 3. The summed E-state index contributed by atoms with van der Waals surface area (Å²) >= 11 is 0. The summed E-state index contributed by atoms with van der Waals surface area (Å²) in [5, 5.41) is 2.71. The standard InChI is InChI=1S/C17H18FNO3S/c1-11-4-6-14(18)9-15(11)17(20)19-10-13-5-7-16(12(2)8-13)23(3,21)22/h4-9H,10H2,1-3H3,(H,19,20). The van der Waals surface area contributed by atoms with E-state index < -0.39 is 15.7 Å². The molecule has 0 spiro atoms. The number of nitrogens with one attached hydrogen (secondary N) is 1. The van der Waals surface area contributed by atoms with Gasteiger partial charge in [0.25, 0.3) is 5.91 Å². The first-order valence-corrected chi connectivity index (χ1v) is 8.91. The monoisotopic (exact) mass is 335 g/mol. The van der Waals surface area contributed by atoms with E-state index in [1.165, 1.54) is 18.2 Å². The van der Waals surface area contributed by atoms with Gasteiger partial charge in [-0.2, -0.15) is 0 Å². The molecule has 0 bridgehead atoms. The van der Waals surface area contributed by atoms with E-state index in [1.807, 2.05) is 0 Å². The molecule has 2 aromatic carbocycles. The summed E-state index contributed by atoms with van der Waals surface area (Å²) < 4.78 is 36.4. The molecule has 0 aromatic heterocycles. The molecule has 0 saturated heterocycles. The van der Waals surface area contributed by atoms with E-state index in [9.17, 15) is 17.6 Å². The van der Waals surface area contributed by atoms with E-state index in [1.54, 1.807) is 32.0 Å². The third kappa shape index (κ3) is 4.16. The van der Waals surface area contributed by atoms with Crippen molar-refractivity contribution in [3.8, 4) is 0 Å². The van der Waals surface area contributed by atoms with Crippen LogP contribution in [0.5, 0.6) is 0 Å². The molecular formula is C17H18FNO3S. The van der Waals surface area contributed by atoms with Gasteiger partial charge in [0.15, 0.2) is 9.84 Å². The second kappa shape index (κ2) is 6.50. The van der Waals surface area contributed by atoms with Crippen molar-refractivity contribution in [3.05, 3.63) is 64.5 Å². The minimum atomic E-state index is -3.26. The van der Waals surface area contributed by atoms with Crippen LogP contribution in [0.15, 0.2) is 41.3 Å². The number of aryl methyl sites for hydroxylation is 2. The molecule has 0 unspecified atom stereocenters. The number of sulfone groups is 1. The zero-order valence-corrected chi connectivity index (χ0v) is 14.0. The Balaban J connectivity index is 2.13. The van der Waals surface area contributed by atoms with Crippen LogP contribution < -0.4 is 5.32 Å². The predicted octanol–water partition coefficient (Wildman–Crippen LogP) is 2.78. The minimum absolute atomic E-state index is 0.236. The molecule has 2 rings (SSSR count). The minimum Gasteiger partial charge on any atom is -0.348 e. The van der Waals surface area contributed by atoms with Crippen molar-refractivity contribution < 1.29 is 17.6 Å². The topological polar surface area (TPSA) is 63.2 Å². The van der Waals surface area contributed by atoms with Crippen LogP contribution in [0.1, 0.15) is 27.0 Å². The van der Waals surface area contributed by atoms with Gasteiger partial charge in [-0.05, 0) is 48.7 Å². The van der Waals surface area contributed by atoms with Crippen molar-refractivity contribution in [3.63, 3.8) is 0 Å². The molecule has 1 N–H and O–H groups in total. The van der Waals surface area contributed by atoms with Crippen LogP contribution in [0, 0.1) is 19.7 Å². The van der Waals surface area contributed by atoms with Gasteiger partial charge in [-0.1, -0.05) is 18.2 Å². The summed E-state index contributed by atoms with van der Waals surface area (Å²) in [7, 11) is -3.26. The molecule has 0 atom stereocenters. The van der Waals surface area contributed by atoms with Crippen molar-refractivity contribution in [2.45, 2.75) is 25.3 Å². The van der Waals surface area contributed by atoms with Crippen LogP contribution in [0.3, 0.4) is 0 Å². The highest BCUT2D eigenvalue weighted by molar-refractivity contribution is 7.90. The van der Waals surface area contributed by atoms with Crippen molar-refractivity contribution >= 4 is 15.7 Å². The van der Waals surface area contributed by atoms with E-state index in [0.717, 1.165) is 11.8 Å². The lowest BCUT2D eigenvalue weighted by molar-refractivity contribution is 0.0950. The maximum Gasteiger partial charge on any atom is 0.251 e. The highest BCUT2D eigenvalue weighted by atomic mass is 32.2. The summed E-state index contributed by atoms with van der Waals surface area (Å²) in [6.07, 6.45) is 1.16. The molecule has 1 amide bonds. The third-order valence-corrected chi connectivity index (χ3v) is 4.79. The maximum atomic E-state index is 13.2. The summed E-state index contributed by atoms with van der Waals surface area (Å²) in [4.78, 5) is 12.4. The molecule has 0 aliphatic heterocycles. The van der Waals surface area contributed by atoms with Crippen molar-refractivity contribution in [2.24, 2.45) is 0 Å². The Morgan fingerprint density at radius 2 is 1.78 bits per heavy atom. The number of carbonyl (C=O) groups excluding carboxylic acids is 1. The third-order valence-electron chi connectivity index (χ3n) is 3.54. The number of amides is 1. The lowest BCUT2D eigenvalue weighted by Gasteiger charge is -2.10. The van der Waals surface area contributed by atoms with Gasteiger partial charge in [-0.3, -0.25) is 4.79 Å². The lowest BCUT2D eigenvalue weighted by atomic mass is 10.1. The number of hydrogen-bond donors (Lipinski definition) is 1. The first kappa shape index (κ1) is 17.1. The molecule has 4 nitrogen and oxygen atoms in total. The maximum absolute atomic E-state index is 13.2. The van der Waals surface area contributed by atoms with E-state index in [0.29, 0.717) is 11.1 Å². The number of halogens is 1. The fraction of sp³-hybridized carbons (Fsp3) is 0.235. The molecular weight excluding hydrogens is 317 g/mol. The van der Waals surface area contributed by atoms with Crippen LogP contribution in [0.4, 0.5) is 4.39 Å². The number of carbonyl (C=O) groups is 1. The molecule has 6 heteroatoms. The summed E-state index contributed by atoms with van der Waals surface area (Å²) in [5.41, 5.74) is 2.38. The van der Waals surface area contributed by atoms with Gasteiger partial charge in [-0.25, -0.2) is 12.8 Å². The van der Waals surface area contributed by atoms with Gasteiger partial charge < -0.3 is 5.32 Å². The summed E-state index contributed by atoms with van der Waals surface area (Å²) in [5.74, 6) is -0.832. The molecule has 2 aromatic rings. The van der Waals surface area contributed by atoms with Crippen LogP contribution in [-0.4, -0.2) is 20.6 Å². The Kier molecular flexibility index (Phi) is 4.85. The fourth-order valence-corrected chi connectivity index (χ4v) is 3.31. The van der Waals surface area contributed by atoms with Gasteiger partial charge >= 0.3 is 0 Å². The molecule has 122 valence electrons. The molecule has 23 heavy (non-hydrogen) atoms. The predicted molar refractivity (Wildman–Crippen MR) is 86.6 cm³/mol. The molecule has 0 aliphatic carbocycles. The van der Waals surface area contributed by atoms with Crippen molar-refractivity contribution in [2.75, 3.05) is 6.26 Å². The second-order valence-electron chi connectivity index (χ2n) is 5.51. The summed E-state index contributed by atoms with van der Waals surface area (Å²) in [6, 6.07) is 8.95. The normalized spacial score (nSPS) is 11.3. The first-order chi connectivity index (χ1) is 10.7. The molecule has 0 radical (unpaired) electrons. The molecule has 0 fully saturated rings. The zero-order chi connectivity index (χ0) is 17.2. The number of rotatable bonds is 4. The lowest BCUT2D eigenvalue weighted by Crippen LogP contribution is -2.23. The van der Waals surface area contributed by atoms with E-state index in [-0.39, 0.29) is 22.9 Å². The zero-order valence-electron chi connectivity index (χ0n) is 13.2. The van der Waals surface area contributed by atoms with Crippen molar-refractivity contribution in [1.29, 1.82) is 0 Å². The van der Waals surface area contributed by atoms with E-state index in [2.05, 4.69) is 5.32 Å². The van der Waals surface area contributed by atoms with Crippen LogP contribution in [-0.2, 0) is 16.4 Å². The first-order valence-electron chi connectivity index (χ1n) is 7.02. The largest absolute Gasteiger partial charge is 0.348 e. The Hall–Kier alpha value is -2.21. The highest BCUT2D eigenvalue weighted by Gasteiger charge is 2.12. The summed E-state index contributed by atoms with van der Waals surface area (Å²) in [6.45, 7) is 3.68. The van der Waals surface area contributed by atoms with Gasteiger partial charge in [0.1, 0.15) is 5.82 Å². The van der Waals surface area contributed by atoms with Gasteiger partial charge in [0, 0.05) is 18.4 Å². The molecule has 0 heterocycles. The van der Waals surface area contributed by atoms with E-state index >= 15 is 0 Å². The van der Waals surface area contributed by atoms with Crippen LogP contribution >= 0.6 is 0 Å². The van der Waals surface area contributed by atoms with Gasteiger partial charge in [-0.15, -0.1) is 0 Å². The molecule has 0 saturated carbocycles. The second-order valence-corrected chi connectivity index (χ2v) is 7.50. The van der Waals surface area contributed by atoms with Crippen molar-refractivity contribution in [1.82, 2.24) is 5.32 Å². The molecule has 0 aliphatic rings. The van der Waals surface area contributed by atoms with Gasteiger partial charge in [0.05, 0.1) is 4.90 Å². The van der Waals surface area contributed by atoms with E-state index in [4.69, 9.17) is 0 Å². The smallest absolute Gasteiger partial charge is 0.251 e.